The molecule has 0 bridgehead atoms. The van der Waals surface area contributed by atoms with Gasteiger partial charge in [-0.25, -0.2) is 22.6 Å². The Balaban J connectivity index is 1.64. The second kappa shape index (κ2) is 7.70. The molecule has 0 radical (unpaired) electrons. The van der Waals surface area contributed by atoms with E-state index in [-0.39, 0.29) is 43.9 Å². The molecule has 0 aromatic heterocycles. The van der Waals surface area contributed by atoms with Crippen molar-refractivity contribution < 1.29 is 22.3 Å². The molecule has 2 N–H and O–H groups in total. The van der Waals surface area contributed by atoms with Crippen molar-refractivity contribution in [2.24, 2.45) is 10.7 Å². The van der Waals surface area contributed by atoms with Crippen LogP contribution in [0.1, 0.15) is 55.7 Å². The van der Waals surface area contributed by atoms with Crippen molar-refractivity contribution in [3.05, 3.63) is 70.8 Å². The lowest BCUT2D eigenvalue weighted by molar-refractivity contribution is -0.112. The summed E-state index contributed by atoms with van der Waals surface area (Å²) >= 11 is 0. The van der Waals surface area contributed by atoms with Crippen LogP contribution in [0.3, 0.4) is 0 Å². The molecule has 1 saturated carbocycles. The van der Waals surface area contributed by atoms with Crippen LogP contribution in [0.15, 0.2) is 47.5 Å². The average molecular weight is 432 g/mol. The maximum atomic E-state index is 14.9. The van der Waals surface area contributed by atoms with Gasteiger partial charge in [-0.05, 0) is 55.2 Å². The van der Waals surface area contributed by atoms with Gasteiger partial charge in [0.1, 0.15) is 17.2 Å². The molecule has 164 valence electrons. The molecular formula is C24H24F4N2O. The van der Waals surface area contributed by atoms with Crippen LogP contribution in [0.5, 0.6) is 0 Å². The average Bonchev–Trinajstić information content (AvgIpc) is 2.70. The summed E-state index contributed by atoms with van der Waals surface area (Å²) < 4.78 is 61.1. The smallest absolute Gasteiger partial charge is 0.283 e. The lowest BCUT2D eigenvalue weighted by atomic mass is 9.72. The molecular weight excluding hydrogens is 408 g/mol. The maximum Gasteiger partial charge on any atom is 0.283 e. The molecule has 31 heavy (non-hydrogen) atoms. The molecule has 2 aliphatic rings. The fourth-order valence-corrected chi connectivity index (χ4v) is 4.52. The number of ether oxygens (including phenoxy) is 1. The molecule has 2 aromatic rings. The molecule has 0 saturated heterocycles. The van der Waals surface area contributed by atoms with E-state index in [1.54, 1.807) is 43.3 Å². The number of rotatable bonds is 3. The Hall–Kier alpha value is -2.83. The van der Waals surface area contributed by atoms with Gasteiger partial charge in [-0.3, -0.25) is 0 Å². The molecule has 7 heteroatoms. The highest BCUT2D eigenvalue weighted by atomic mass is 19.3. The zero-order valence-corrected chi connectivity index (χ0v) is 17.2. The Bertz CT molecular complexity index is 1020. The number of hydrogen-bond donors (Lipinski definition) is 1. The van der Waals surface area contributed by atoms with E-state index in [0.29, 0.717) is 5.56 Å². The summed E-state index contributed by atoms with van der Waals surface area (Å²) in [7, 11) is 0. The van der Waals surface area contributed by atoms with Gasteiger partial charge in [0.05, 0.1) is 5.54 Å². The Kier molecular flexibility index (Phi) is 5.31. The number of amidine groups is 1. The van der Waals surface area contributed by atoms with Crippen LogP contribution in [0, 0.1) is 11.6 Å². The second-order valence-electron chi connectivity index (χ2n) is 8.67. The number of halogens is 4. The summed E-state index contributed by atoms with van der Waals surface area (Å²) in [6.07, 6.45) is 3.54. The fraction of sp³-hybridized carbons (Fsp3) is 0.375. The monoisotopic (exact) mass is 432 g/mol. The number of hydrogen-bond acceptors (Lipinski definition) is 3. The van der Waals surface area contributed by atoms with Crippen molar-refractivity contribution in [1.82, 2.24) is 0 Å². The van der Waals surface area contributed by atoms with E-state index in [1.165, 1.54) is 18.2 Å². The summed E-state index contributed by atoms with van der Waals surface area (Å²) in [5.41, 5.74) is 5.86. The van der Waals surface area contributed by atoms with Crippen molar-refractivity contribution in [3.63, 3.8) is 0 Å². The molecule has 1 unspecified atom stereocenters. The van der Waals surface area contributed by atoms with E-state index >= 15 is 0 Å². The highest BCUT2D eigenvalue weighted by molar-refractivity contribution is 5.74. The quantitative estimate of drug-likeness (QED) is 0.475. The summed E-state index contributed by atoms with van der Waals surface area (Å²) in [6.45, 7) is 1.75. The number of aliphatic imine (C=N–C) groups is 1. The van der Waals surface area contributed by atoms with Crippen molar-refractivity contribution in [1.29, 1.82) is 0 Å². The molecule has 2 aromatic carbocycles. The third kappa shape index (κ3) is 4.60. The van der Waals surface area contributed by atoms with E-state index in [1.807, 2.05) is 0 Å². The first-order valence-corrected chi connectivity index (χ1v) is 10.2. The molecule has 1 heterocycles. The summed E-state index contributed by atoms with van der Waals surface area (Å²) in [5, 5.41) is 0. The third-order valence-electron chi connectivity index (χ3n) is 6.15. The van der Waals surface area contributed by atoms with Crippen molar-refractivity contribution in [2.75, 3.05) is 0 Å². The predicted molar refractivity (Wildman–Crippen MR) is 113 cm³/mol. The van der Waals surface area contributed by atoms with Gasteiger partial charge in [0, 0.05) is 24.8 Å². The predicted octanol–water partition coefficient (Wildman–Crippen LogP) is 6.03. The van der Waals surface area contributed by atoms with Gasteiger partial charge in [0.25, 0.3) is 6.02 Å². The fourth-order valence-electron chi connectivity index (χ4n) is 4.52. The Labute approximate surface area is 178 Å². The van der Waals surface area contributed by atoms with Crippen molar-refractivity contribution >= 4 is 18.2 Å². The first kappa shape index (κ1) is 21.4. The van der Waals surface area contributed by atoms with Crippen molar-refractivity contribution in [3.8, 4) is 0 Å². The highest BCUT2D eigenvalue weighted by Crippen LogP contribution is 2.49. The molecule has 1 aliphatic heterocycles. The van der Waals surface area contributed by atoms with Crippen LogP contribution in [-0.4, -0.2) is 17.5 Å². The first-order chi connectivity index (χ1) is 14.6. The van der Waals surface area contributed by atoms with Gasteiger partial charge >= 0.3 is 0 Å². The zero-order valence-electron chi connectivity index (χ0n) is 17.2. The molecule has 0 amide bonds. The summed E-state index contributed by atoms with van der Waals surface area (Å²) in [5.74, 6) is -3.49. The normalized spacial score (nSPS) is 24.7. The largest absolute Gasteiger partial charge is 0.459 e. The number of alkyl halides is 2. The Morgan fingerprint density at radius 3 is 2.23 bits per heavy atom. The third-order valence-corrected chi connectivity index (χ3v) is 6.15. The van der Waals surface area contributed by atoms with Crippen LogP contribution < -0.4 is 5.73 Å². The maximum absolute atomic E-state index is 14.9. The second-order valence-corrected chi connectivity index (χ2v) is 8.67. The van der Waals surface area contributed by atoms with E-state index in [4.69, 9.17) is 10.5 Å². The number of benzene rings is 2. The van der Waals surface area contributed by atoms with Gasteiger partial charge < -0.3 is 10.5 Å². The standard InChI is InChI=1S/C24H24F4N2O/c1-22(15-23(31-21(29)30-22)10-12-24(27,28)13-11-23)19-14-17(6-9-20(19)26)3-2-16-4-7-18(25)8-5-16/h2-9,14H,10-13,15H2,1H3,(H2,29,30). The minimum absolute atomic E-state index is 0.106. The van der Waals surface area contributed by atoms with Crippen molar-refractivity contribution in [2.45, 2.75) is 56.1 Å². The zero-order chi connectivity index (χ0) is 22.3. The minimum atomic E-state index is -2.72. The SMILES string of the molecule is CC1(c2cc(C=Cc3ccc(F)cc3)ccc2F)CC2(CCC(F)(F)CC2)OC(N)=N1. The molecule has 4 rings (SSSR count). The van der Waals surface area contributed by atoms with Crippen LogP contribution in [0.2, 0.25) is 0 Å². The van der Waals surface area contributed by atoms with Gasteiger partial charge in [0.2, 0.25) is 5.92 Å². The van der Waals surface area contributed by atoms with Crippen LogP contribution >= 0.6 is 0 Å². The number of nitrogens with two attached hydrogens (primary N) is 1. The molecule has 1 atom stereocenters. The van der Waals surface area contributed by atoms with Gasteiger partial charge in [-0.1, -0.05) is 30.4 Å². The minimum Gasteiger partial charge on any atom is -0.459 e. The van der Waals surface area contributed by atoms with Gasteiger partial charge in [-0.2, -0.15) is 0 Å². The first-order valence-electron chi connectivity index (χ1n) is 10.2. The molecule has 1 spiro atoms. The van der Waals surface area contributed by atoms with Gasteiger partial charge in [-0.15, -0.1) is 0 Å². The molecule has 3 nitrogen and oxygen atoms in total. The van der Waals surface area contributed by atoms with E-state index in [9.17, 15) is 17.6 Å². The van der Waals surface area contributed by atoms with E-state index < -0.39 is 22.9 Å². The summed E-state index contributed by atoms with van der Waals surface area (Å²) in [4.78, 5) is 4.38. The van der Waals surface area contributed by atoms with E-state index in [2.05, 4.69) is 4.99 Å². The number of nitrogens with zero attached hydrogens (tertiary/aromatic N) is 1. The molecule has 1 fully saturated rings. The van der Waals surface area contributed by atoms with Crippen LogP contribution in [-0.2, 0) is 10.3 Å². The van der Waals surface area contributed by atoms with E-state index in [0.717, 1.165) is 11.1 Å². The summed E-state index contributed by atoms with van der Waals surface area (Å²) in [6, 6.07) is 10.6. The molecule has 1 aliphatic carbocycles. The van der Waals surface area contributed by atoms with Crippen LogP contribution in [0.25, 0.3) is 12.2 Å². The Morgan fingerprint density at radius 2 is 1.55 bits per heavy atom. The lowest BCUT2D eigenvalue weighted by Gasteiger charge is -2.47. The van der Waals surface area contributed by atoms with Crippen LogP contribution in [0.4, 0.5) is 17.6 Å². The lowest BCUT2D eigenvalue weighted by Crippen LogP contribution is -2.51. The Morgan fingerprint density at radius 1 is 0.935 bits per heavy atom. The highest BCUT2D eigenvalue weighted by Gasteiger charge is 2.51. The topological polar surface area (TPSA) is 47.6 Å². The van der Waals surface area contributed by atoms with Gasteiger partial charge in [0.15, 0.2) is 0 Å².